The van der Waals surface area contributed by atoms with Crippen molar-refractivity contribution in [3.05, 3.63) is 48.0 Å². The normalized spacial score (nSPS) is 15.5. The van der Waals surface area contributed by atoms with E-state index in [0.29, 0.717) is 4.31 Å². The molecule has 0 spiro atoms. The third kappa shape index (κ3) is 4.49. The summed E-state index contributed by atoms with van der Waals surface area (Å²) in [5.74, 6) is -1.80. The van der Waals surface area contributed by atoms with Crippen molar-refractivity contribution in [2.24, 2.45) is 0 Å². The molecule has 1 saturated heterocycles. The number of nitrogens with one attached hydrogen (secondary N) is 1. The Balaban J connectivity index is 2.10. The maximum atomic E-state index is 13.2. The van der Waals surface area contributed by atoms with Gasteiger partial charge in [-0.15, -0.1) is 0 Å². The predicted octanol–water partition coefficient (Wildman–Crippen LogP) is 1.74. The molecular weight excluding hydrogens is 448 g/mol. The van der Waals surface area contributed by atoms with Crippen LogP contribution in [0.3, 0.4) is 0 Å². The molecule has 1 N–H and O–H groups in total. The number of para-hydroxylation sites is 1. The van der Waals surface area contributed by atoms with Crippen molar-refractivity contribution in [2.75, 3.05) is 28.5 Å². The smallest absolute Gasteiger partial charge is 0.339 e. The van der Waals surface area contributed by atoms with Crippen LogP contribution in [0.2, 0.25) is 0 Å². The van der Waals surface area contributed by atoms with Gasteiger partial charge >= 0.3 is 5.97 Å². The second-order valence-electron chi connectivity index (χ2n) is 6.43. The molecule has 0 saturated carbocycles. The lowest BCUT2D eigenvalue weighted by molar-refractivity contribution is -0.116. The first kappa shape index (κ1) is 22.6. The first-order valence-corrected chi connectivity index (χ1v) is 12.2. The Hall–Kier alpha value is -3.12. The Morgan fingerprint density at radius 3 is 2.52 bits per heavy atom. The molecule has 166 valence electrons. The van der Waals surface area contributed by atoms with Crippen molar-refractivity contribution < 1.29 is 35.9 Å². The standard InChI is InChI=1S/C19H20N2O8S2/c1-3-29-16-9-8-13(21-18(22)10-11-30(21,24)25)12-17(16)31(26,27)20-15-7-5-4-6-14(15)19(23)28-2/h4-9,12,20H,3,10-11H2,1-2H3. The van der Waals surface area contributed by atoms with Gasteiger partial charge in [-0.3, -0.25) is 9.52 Å². The molecule has 2 aromatic carbocycles. The highest BCUT2D eigenvalue weighted by atomic mass is 32.2. The number of carbonyl (C=O) groups is 2. The van der Waals surface area contributed by atoms with Crippen LogP contribution in [0.25, 0.3) is 0 Å². The summed E-state index contributed by atoms with van der Waals surface area (Å²) in [4.78, 5) is 23.7. The molecule has 10 nitrogen and oxygen atoms in total. The van der Waals surface area contributed by atoms with Crippen molar-refractivity contribution in [3.63, 3.8) is 0 Å². The predicted molar refractivity (Wildman–Crippen MR) is 112 cm³/mol. The molecular formula is C19H20N2O8S2. The van der Waals surface area contributed by atoms with Crippen LogP contribution in [0.15, 0.2) is 47.4 Å². The van der Waals surface area contributed by atoms with E-state index in [-0.39, 0.29) is 46.4 Å². The lowest BCUT2D eigenvalue weighted by Gasteiger charge is -2.19. The van der Waals surface area contributed by atoms with E-state index in [1.807, 2.05) is 0 Å². The number of anilines is 2. The minimum Gasteiger partial charge on any atom is -0.492 e. The lowest BCUT2D eigenvalue weighted by Crippen LogP contribution is -2.29. The van der Waals surface area contributed by atoms with Gasteiger partial charge in [0, 0.05) is 6.42 Å². The zero-order chi connectivity index (χ0) is 22.8. The number of ether oxygens (including phenoxy) is 2. The summed E-state index contributed by atoms with van der Waals surface area (Å²) in [6.07, 6.45) is -0.192. The number of methoxy groups -OCH3 is 1. The fourth-order valence-electron chi connectivity index (χ4n) is 3.04. The molecule has 1 heterocycles. The second kappa shape index (κ2) is 8.55. The summed E-state index contributed by atoms with van der Waals surface area (Å²) in [6.45, 7) is 1.79. The molecule has 1 amide bonds. The van der Waals surface area contributed by atoms with Crippen LogP contribution in [0.4, 0.5) is 11.4 Å². The van der Waals surface area contributed by atoms with Crippen molar-refractivity contribution in [1.29, 1.82) is 0 Å². The number of rotatable bonds is 7. The van der Waals surface area contributed by atoms with Crippen LogP contribution in [-0.2, 0) is 29.6 Å². The fourth-order valence-corrected chi connectivity index (χ4v) is 5.73. The Bertz CT molecular complexity index is 1240. The molecule has 12 heteroatoms. The van der Waals surface area contributed by atoms with Gasteiger partial charge in [0.2, 0.25) is 15.9 Å². The maximum Gasteiger partial charge on any atom is 0.339 e. The number of nitrogens with zero attached hydrogens (tertiary/aromatic N) is 1. The largest absolute Gasteiger partial charge is 0.492 e. The number of sulfonamides is 2. The molecule has 1 aliphatic heterocycles. The minimum absolute atomic E-state index is 0.0139. The summed E-state index contributed by atoms with van der Waals surface area (Å²) in [5, 5.41) is 0. The van der Waals surface area contributed by atoms with Crippen LogP contribution in [0.5, 0.6) is 5.75 Å². The van der Waals surface area contributed by atoms with Gasteiger partial charge in [-0.25, -0.2) is 25.9 Å². The Morgan fingerprint density at radius 1 is 1.19 bits per heavy atom. The summed E-state index contributed by atoms with van der Waals surface area (Å²) >= 11 is 0. The van der Waals surface area contributed by atoms with E-state index < -0.39 is 31.9 Å². The molecule has 31 heavy (non-hydrogen) atoms. The molecule has 0 aromatic heterocycles. The van der Waals surface area contributed by atoms with Crippen LogP contribution in [-0.4, -0.2) is 48.2 Å². The monoisotopic (exact) mass is 468 g/mol. The van der Waals surface area contributed by atoms with Crippen LogP contribution < -0.4 is 13.8 Å². The van der Waals surface area contributed by atoms with E-state index >= 15 is 0 Å². The third-order valence-electron chi connectivity index (χ3n) is 4.41. The van der Waals surface area contributed by atoms with E-state index in [2.05, 4.69) is 9.46 Å². The second-order valence-corrected chi connectivity index (χ2v) is 10.0. The average Bonchev–Trinajstić information content (AvgIpc) is 3.00. The highest BCUT2D eigenvalue weighted by Crippen LogP contribution is 2.34. The first-order valence-electron chi connectivity index (χ1n) is 9.13. The summed E-state index contributed by atoms with van der Waals surface area (Å²) in [5.41, 5.74) is -0.167. The molecule has 1 aliphatic rings. The SMILES string of the molecule is CCOc1ccc(N2C(=O)CCS2(=O)=O)cc1S(=O)(=O)Nc1ccccc1C(=O)OC. The van der Waals surface area contributed by atoms with Crippen LogP contribution in [0, 0.1) is 0 Å². The van der Waals surface area contributed by atoms with Gasteiger partial charge in [0.15, 0.2) is 0 Å². The van der Waals surface area contributed by atoms with Gasteiger partial charge < -0.3 is 9.47 Å². The van der Waals surface area contributed by atoms with E-state index in [1.165, 1.54) is 30.3 Å². The molecule has 0 radical (unpaired) electrons. The zero-order valence-electron chi connectivity index (χ0n) is 16.7. The topological polar surface area (TPSA) is 136 Å². The highest BCUT2D eigenvalue weighted by molar-refractivity contribution is 7.94. The molecule has 0 atom stereocenters. The number of hydrogen-bond donors (Lipinski definition) is 1. The van der Waals surface area contributed by atoms with Crippen LogP contribution in [0.1, 0.15) is 23.7 Å². The van der Waals surface area contributed by atoms with E-state index in [4.69, 9.17) is 4.74 Å². The molecule has 3 rings (SSSR count). The van der Waals surface area contributed by atoms with Gasteiger partial charge in [-0.05, 0) is 37.3 Å². The highest BCUT2D eigenvalue weighted by Gasteiger charge is 2.37. The summed E-state index contributed by atoms with van der Waals surface area (Å²) in [6, 6.07) is 9.46. The van der Waals surface area contributed by atoms with Crippen molar-refractivity contribution in [2.45, 2.75) is 18.2 Å². The Labute approximate surface area is 179 Å². The van der Waals surface area contributed by atoms with Gasteiger partial charge in [-0.2, -0.15) is 0 Å². The zero-order valence-corrected chi connectivity index (χ0v) is 18.3. The number of benzene rings is 2. The lowest BCUT2D eigenvalue weighted by atomic mass is 10.2. The molecule has 0 bridgehead atoms. The van der Waals surface area contributed by atoms with Crippen molar-refractivity contribution in [1.82, 2.24) is 0 Å². The van der Waals surface area contributed by atoms with E-state index in [9.17, 15) is 26.4 Å². The van der Waals surface area contributed by atoms with Gasteiger partial charge in [0.05, 0.1) is 36.4 Å². The van der Waals surface area contributed by atoms with Crippen molar-refractivity contribution >= 4 is 43.3 Å². The summed E-state index contributed by atoms with van der Waals surface area (Å²) in [7, 11) is -7.08. The molecule has 1 fully saturated rings. The van der Waals surface area contributed by atoms with Crippen LogP contribution >= 0.6 is 0 Å². The maximum absolute atomic E-state index is 13.2. The molecule has 0 unspecified atom stereocenters. The molecule has 0 aliphatic carbocycles. The number of carbonyl (C=O) groups excluding carboxylic acids is 2. The van der Waals surface area contributed by atoms with Gasteiger partial charge in [-0.1, -0.05) is 12.1 Å². The first-order chi connectivity index (χ1) is 14.6. The quantitative estimate of drug-likeness (QED) is 0.607. The minimum atomic E-state index is -4.35. The number of hydrogen-bond acceptors (Lipinski definition) is 8. The third-order valence-corrected chi connectivity index (χ3v) is 7.48. The van der Waals surface area contributed by atoms with E-state index in [0.717, 1.165) is 13.2 Å². The van der Waals surface area contributed by atoms with Gasteiger partial charge in [0.25, 0.3) is 10.0 Å². The van der Waals surface area contributed by atoms with Gasteiger partial charge in [0.1, 0.15) is 10.6 Å². The number of esters is 1. The number of amides is 1. The fraction of sp³-hybridized carbons (Fsp3) is 0.263. The summed E-state index contributed by atoms with van der Waals surface area (Å²) < 4.78 is 63.8. The molecule has 2 aromatic rings. The Kier molecular flexibility index (Phi) is 6.23. The average molecular weight is 469 g/mol. The Morgan fingerprint density at radius 2 is 1.90 bits per heavy atom. The van der Waals surface area contributed by atoms with E-state index in [1.54, 1.807) is 13.0 Å². The van der Waals surface area contributed by atoms with Crippen molar-refractivity contribution in [3.8, 4) is 5.75 Å².